The van der Waals surface area contributed by atoms with Gasteiger partial charge >= 0.3 is 0 Å². The van der Waals surface area contributed by atoms with E-state index in [1.54, 1.807) is 0 Å². The van der Waals surface area contributed by atoms with Crippen LogP contribution < -0.4 is 4.31 Å². The van der Waals surface area contributed by atoms with Crippen LogP contribution in [0, 0.1) is 11.3 Å². The van der Waals surface area contributed by atoms with Crippen molar-refractivity contribution in [2.75, 3.05) is 16.6 Å². The van der Waals surface area contributed by atoms with Crippen LogP contribution in [-0.4, -0.2) is 12.3 Å². The SMILES string of the molecule is N#Cc1ccccc1N1CCCCS1. The number of nitrogens with zero attached hydrogens (tertiary/aromatic N) is 2. The van der Waals surface area contributed by atoms with E-state index < -0.39 is 0 Å². The zero-order valence-corrected chi connectivity index (χ0v) is 8.76. The van der Waals surface area contributed by atoms with Crippen molar-refractivity contribution in [2.45, 2.75) is 12.8 Å². The highest BCUT2D eigenvalue weighted by atomic mass is 32.2. The molecule has 1 aliphatic heterocycles. The zero-order valence-electron chi connectivity index (χ0n) is 7.94. The predicted molar refractivity (Wildman–Crippen MR) is 60.2 cm³/mol. The number of benzene rings is 1. The third-order valence-electron chi connectivity index (χ3n) is 2.30. The Kier molecular flexibility index (Phi) is 2.95. The Hall–Kier alpha value is -1.14. The molecule has 1 aromatic carbocycles. The van der Waals surface area contributed by atoms with Gasteiger partial charge in [0.1, 0.15) is 6.07 Å². The minimum atomic E-state index is 0.780. The molecule has 1 aromatic rings. The van der Waals surface area contributed by atoms with Gasteiger partial charge in [0, 0.05) is 12.3 Å². The minimum absolute atomic E-state index is 0.780. The molecule has 2 rings (SSSR count). The van der Waals surface area contributed by atoms with Crippen molar-refractivity contribution in [3.63, 3.8) is 0 Å². The van der Waals surface area contributed by atoms with Gasteiger partial charge in [0.05, 0.1) is 11.3 Å². The second kappa shape index (κ2) is 4.39. The Labute approximate surface area is 88.7 Å². The fourth-order valence-corrected chi connectivity index (χ4v) is 2.68. The molecule has 0 amide bonds. The molecule has 0 radical (unpaired) electrons. The maximum absolute atomic E-state index is 8.96. The standard InChI is InChI=1S/C11H12N2S/c12-9-10-5-1-2-6-11(10)13-7-3-4-8-14-13/h1-2,5-6H,3-4,7-8H2. The molecule has 0 unspecified atom stereocenters. The summed E-state index contributed by atoms with van der Waals surface area (Å²) in [6.45, 7) is 1.06. The molecule has 1 heterocycles. The average Bonchev–Trinajstić information content (AvgIpc) is 2.30. The fraction of sp³-hybridized carbons (Fsp3) is 0.364. The first-order valence-corrected chi connectivity index (χ1v) is 5.75. The maximum atomic E-state index is 8.96. The highest BCUT2D eigenvalue weighted by molar-refractivity contribution is 8.00. The second-order valence-electron chi connectivity index (χ2n) is 3.27. The van der Waals surface area contributed by atoms with Gasteiger partial charge in [-0.2, -0.15) is 5.26 Å². The molecule has 3 heteroatoms. The van der Waals surface area contributed by atoms with Crippen LogP contribution in [0.25, 0.3) is 0 Å². The Morgan fingerprint density at radius 2 is 2.14 bits per heavy atom. The molecule has 1 fully saturated rings. The first-order valence-electron chi connectivity index (χ1n) is 4.81. The molecule has 1 aliphatic rings. The van der Waals surface area contributed by atoms with E-state index in [-0.39, 0.29) is 0 Å². The lowest BCUT2D eigenvalue weighted by Crippen LogP contribution is -2.21. The smallest absolute Gasteiger partial charge is 0.101 e. The Bertz CT molecular complexity index is 351. The van der Waals surface area contributed by atoms with E-state index in [1.807, 2.05) is 36.2 Å². The van der Waals surface area contributed by atoms with E-state index in [4.69, 9.17) is 5.26 Å². The number of anilines is 1. The minimum Gasteiger partial charge on any atom is -0.315 e. The van der Waals surface area contributed by atoms with Gasteiger partial charge in [-0.25, -0.2) is 0 Å². The Morgan fingerprint density at radius 1 is 1.29 bits per heavy atom. The molecular formula is C11H12N2S. The van der Waals surface area contributed by atoms with Gasteiger partial charge in [0.2, 0.25) is 0 Å². The summed E-state index contributed by atoms with van der Waals surface area (Å²) < 4.78 is 2.24. The van der Waals surface area contributed by atoms with Crippen LogP contribution in [0.2, 0.25) is 0 Å². The van der Waals surface area contributed by atoms with Crippen LogP contribution in [-0.2, 0) is 0 Å². The summed E-state index contributed by atoms with van der Waals surface area (Å²) in [5.74, 6) is 1.17. The van der Waals surface area contributed by atoms with Crippen molar-refractivity contribution in [1.29, 1.82) is 5.26 Å². The summed E-state index contributed by atoms with van der Waals surface area (Å²) in [6, 6.07) is 10.0. The maximum Gasteiger partial charge on any atom is 0.101 e. The second-order valence-corrected chi connectivity index (χ2v) is 4.38. The number of hydrogen-bond donors (Lipinski definition) is 0. The van der Waals surface area contributed by atoms with Crippen LogP contribution in [0.1, 0.15) is 18.4 Å². The molecule has 0 aromatic heterocycles. The molecular weight excluding hydrogens is 192 g/mol. The molecule has 0 aliphatic carbocycles. The molecule has 14 heavy (non-hydrogen) atoms. The summed E-state index contributed by atoms with van der Waals surface area (Å²) in [4.78, 5) is 0. The van der Waals surface area contributed by atoms with Crippen LogP contribution in [0.4, 0.5) is 5.69 Å². The highest BCUT2D eigenvalue weighted by Gasteiger charge is 2.14. The number of rotatable bonds is 1. The van der Waals surface area contributed by atoms with Crippen molar-refractivity contribution in [2.24, 2.45) is 0 Å². The van der Waals surface area contributed by atoms with Gasteiger partial charge in [0.25, 0.3) is 0 Å². The summed E-state index contributed by atoms with van der Waals surface area (Å²) >= 11 is 1.83. The quantitative estimate of drug-likeness (QED) is 0.658. The van der Waals surface area contributed by atoms with Crippen molar-refractivity contribution >= 4 is 17.6 Å². The van der Waals surface area contributed by atoms with E-state index in [2.05, 4.69) is 10.4 Å². The van der Waals surface area contributed by atoms with Crippen molar-refractivity contribution in [3.05, 3.63) is 29.8 Å². The van der Waals surface area contributed by atoms with E-state index in [0.29, 0.717) is 0 Å². The molecule has 2 nitrogen and oxygen atoms in total. The predicted octanol–water partition coefficient (Wildman–Crippen LogP) is 2.81. The number of nitriles is 1. The lowest BCUT2D eigenvalue weighted by molar-refractivity contribution is 0.791. The van der Waals surface area contributed by atoms with Gasteiger partial charge < -0.3 is 4.31 Å². The topological polar surface area (TPSA) is 27.0 Å². The zero-order chi connectivity index (χ0) is 9.80. The third-order valence-corrected chi connectivity index (χ3v) is 3.46. The Balaban J connectivity index is 2.26. The van der Waals surface area contributed by atoms with E-state index in [1.165, 1.54) is 18.6 Å². The lowest BCUT2D eigenvalue weighted by atomic mass is 10.2. The van der Waals surface area contributed by atoms with Crippen molar-refractivity contribution in [3.8, 4) is 6.07 Å². The van der Waals surface area contributed by atoms with Gasteiger partial charge in [-0.3, -0.25) is 0 Å². The molecule has 72 valence electrons. The van der Waals surface area contributed by atoms with Crippen molar-refractivity contribution in [1.82, 2.24) is 0 Å². The lowest BCUT2D eigenvalue weighted by Gasteiger charge is -2.27. The number of para-hydroxylation sites is 1. The van der Waals surface area contributed by atoms with Crippen LogP contribution in [0.3, 0.4) is 0 Å². The molecule has 0 bridgehead atoms. The molecule has 0 spiro atoms. The van der Waals surface area contributed by atoms with Crippen LogP contribution in [0.15, 0.2) is 24.3 Å². The van der Waals surface area contributed by atoms with E-state index in [0.717, 1.165) is 17.8 Å². The van der Waals surface area contributed by atoms with Gasteiger partial charge in [0.15, 0.2) is 0 Å². The third kappa shape index (κ3) is 1.85. The summed E-state index contributed by atoms with van der Waals surface area (Å²) in [5, 5.41) is 8.96. The van der Waals surface area contributed by atoms with E-state index in [9.17, 15) is 0 Å². The Morgan fingerprint density at radius 3 is 2.86 bits per heavy atom. The summed E-state index contributed by atoms with van der Waals surface area (Å²) in [6.07, 6.45) is 2.52. The van der Waals surface area contributed by atoms with Crippen LogP contribution >= 0.6 is 11.9 Å². The highest BCUT2D eigenvalue weighted by Crippen LogP contribution is 2.29. The van der Waals surface area contributed by atoms with Crippen molar-refractivity contribution < 1.29 is 0 Å². The molecule has 0 saturated carbocycles. The van der Waals surface area contributed by atoms with Gasteiger partial charge in [-0.15, -0.1) is 0 Å². The fourth-order valence-electron chi connectivity index (χ4n) is 1.57. The molecule has 0 N–H and O–H groups in total. The normalized spacial score (nSPS) is 16.4. The van der Waals surface area contributed by atoms with E-state index >= 15 is 0 Å². The van der Waals surface area contributed by atoms with Gasteiger partial charge in [-0.1, -0.05) is 12.1 Å². The molecule has 0 atom stereocenters. The summed E-state index contributed by atoms with van der Waals surface area (Å²) in [5.41, 5.74) is 1.85. The number of hydrogen-bond acceptors (Lipinski definition) is 3. The first-order chi connectivity index (χ1) is 6.92. The molecule has 1 saturated heterocycles. The first kappa shape index (κ1) is 9.42. The van der Waals surface area contributed by atoms with Crippen LogP contribution in [0.5, 0.6) is 0 Å². The monoisotopic (exact) mass is 204 g/mol. The van der Waals surface area contributed by atoms with Gasteiger partial charge in [-0.05, 0) is 36.9 Å². The average molecular weight is 204 g/mol. The summed E-state index contributed by atoms with van der Waals surface area (Å²) in [7, 11) is 0. The largest absolute Gasteiger partial charge is 0.315 e.